The Morgan fingerprint density at radius 3 is 2.06 bits per heavy atom. The van der Waals surface area contributed by atoms with Crippen molar-refractivity contribution in [2.24, 2.45) is 16.7 Å². The molecule has 100 valence electrons. The summed E-state index contributed by atoms with van der Waals surface area (Å²) in [6.45, 7) is 14.9. The molecule has 0 N–H and O–H groups in total. The fourth-order valence-electron chi connectivity index (χ4n) is 2.64. The van der Waals surface area contributed by atoms with Gasteiger partial charge in [-0.2, -0.15) is 0 Å². The Hall–Kier alpha value is -0.530. The van der Waals surface area contributed by atoms with E-state index in [2.05, 4.69) is 25.7 Å². The third-order valence-electron chi connectivity index (χ3n) is 3.88. The smallest absolute Gasteiger partial charge is 0.227 e. The maximum absolute atomic E-state index is 12.3. The minimum Gasteiger partial charge on any atom is -0.342 e. The van der Waals surface area contributed by atoms with E-state index in [-0.39, 0.29) is 5.41 Å². The Kier molecular flexibility index (Phi) is 4.27. The third-order valence-corrected chi connectivity index (χ3v) is 3.88. The van der Waals surface area contributed by atoms with Crippen molar-refractivity contribution in [1.82, 2.24) is 4.90 Å². The van der Waals surface area contributed by atoms with E-state index < -0.39 is 0 Å². The first-order valence-electron chi connectivity index (χ1n) is 6.92. The molecular formula is C15H29NO. The highest BCUT2D eigenvalue weighted by Gasteiger charge is 2.31. The number of likely N-dealkylation sites (tertiary alicyclic amines) is 1. The van der Waals surface area contributed by atoms with Crippen molar-refractivity contribution in [2.75, 3.05) is 13.1 Å². The van der Waals surface area contributed by atoms with Crippen LogP contribution in [0.1, 0.15) is 60.8 Å². The zero-order valence-corrected chi connectivity index (χ0v) is 12.5. The second-order valence-electron chi connectivity index (χ2n) is 7.54. The summed E-state index contributed by atoms with van der Waals surface area (Å²) in [6.07, 6.45) is 3.58. The van der Waals surface area contributed by atoms with Crippen molar-refractivity contribution in [2.45, 2.75) is 60.8 Å². The molecular weight excluding hydrogens is 210 g/mol. The van der Waals surface area contributed by atoms with Crippen molar-refractivity contribution in [1.29, 1.82) is 0 Å². The Morgan fingerprint density at radius 2 is 1.59 bits per heavy atom. The van der Waals surface area contributed by atoms with Crippen LogP contribution < -0.4 is 0 Å². The highest BCUT2D eigenvalue weighted by Crippen LogP contribution is 2.34. The Bertz CT molecular complexity index is 270. The van der Waals surface area contributed by atoms with Gasteiger partial charge in [-0.1, -0.05) is 41.5 Å². The van der Waals surface area contributed by atoms with Crippen molar-refractivity contribution in [3.05, 3.63) is 0 Å². The minimum atomic E-state index is -0.235. The highest BCUT2D eigenvalue weighted by atomic mass is 16.2. The minimum absolute atomic E-state index is 0.235. The molecule has 2 nitrogen and oxygen atoms in total. The van der Waals surface area contributed by atoms with Gasteiger partial charge in [-0.15, -0.1) is 0 Å². The number of carbonyl (C=O) groups excluding carboxylic acids is 1. The third kappa shape index (κ3) is 4.01. The van der Waals surface area contributed by atoms with Gasteiger partial charge in [0.1, 0.15) is 0 Å². The number of hydrogen-bond donors (Lipinski definition) is 0. The molecule has 0 aromatic rings. The first-order chi connectivity index (χ1) is 7.62. The molecule has 0 spiro atoms. The van der Waals surface area contributed by atoms with E-state index in [4.69, 9.17) is 0 Å². The second-order valence-corrected chi connectivity index (χ2v) is 7.54. The molecule has 1 heterocycles. The first-order valence-corrected chi connectivity index (χ1v) is 6.92. The van der Waals surface area contributed by atoms with Crippen LogP contribution in [0.2, 0.25) is 0 Å². The van der Waals surface area contributed by atoms with Crippen molar-refractivity contribution >= 4 is 5.91 Å². The molecule has 0 aromatic carbocycles. The molecule has 1 saturated heterocycles. The SMILES string of the molecule is CC(C)(C)C(=O)N1CCCC(C(C)(C)C)CC1. The predicted octanol–water partition coefficient (Wildman–Crippen LogP) is 3.71. The molecule has 2 heteroatoms. The van der Waals surface area contributed by atoms with Crippen molar-refractivity contribution in [3.63, 3.8) is 0 Å². The normalized spacial score (nSPS) is 23.4. The zero-order valence-electron chi connectivity index (χ0n) is 12.5. The topological polar surface area (TPSA) is 20.3 Å². The van der Waals surface area contributed by atoms with E-state index in [0.29, 0.717) is 11.3 Å². The van der Waals surface area contributed by atoms with Gasteiger partial charge in [0.25, 0.3) is 0 Å². The Labute approximate surface area is 107 Å². The van der Waals surface area contributed by atoms with Gasteiger partial charge < -0.3 is 4.90 Å². The number of hydrogen-bond acceptors (Lipinski definition) is 1. The predicted molar refractivity (Wildman–Crippen MR) is 72.8 cm³/mol. The fraction of sp³-hybridized carbons (Fsp3) is 0.933. The fourth-order valence-corrected chi connectivity index (χ4v) is 2.64. The molecule has 1 fully saturated rings. The van der Waals surface area contributed by atoms with Crippen LogP contribution >= 0.6 is 0 Å². The largest absolute Gasteiger partial charge is 0.342 e. The lowest BCUT2D eigenvalue weighted by atomic mass is 9.77. The summed E-state index contributed by atoms with van der Waals surface area (Å²) in [7, 11) is 0. The highest BCUT2D eigenvalue weighted by molar-refractivity contribution is 5.81. The average molecular weight is 239 g/mol. The van der Waals surface area contributed by atoms with Crippen LogP contribution in [0.25, 0.3) is 0 Å². The molecule has 1 atom stereocenters. The lowest BCUT2D eigenvalue weighted by Gasteiger charge is -2.31. The molecule has 0 aromatic heterocycles. The standard InChI is InChI=1S/C15H29NO/c1-14(2,3)12-8-7-10-16(11-9-12)13(17)15(4,5)6/h12H,7-11H2,1-6H3. The van der Waals surface area contributed by atoms with Crippen LogP contribution in [0.3, 0.4) is 0 Å². The van der Waals surface area contributed by atoms with Gasteiger partial charge in [-0.25, -0.2) is 0 Å². The number of rotatable bonds is 0. The molecule has 0 bridgehead atoms. The van der Waals surface area contributed by atoms with Crippen LogP contribution in [0, 0.1) is 16.7 Å². The van der Waals surface area contributed by atoms with E-state index in [1.165, 1.54) is 6.42 Å². The Balaban J connectivity index is 2.63. The van der Waals surface area contributed by atoms with E-state index in [1.807, 2.05) is 20.8 Å². The molecule has 0 radical (unpaired) electrons. The number of amides is 1. The van der Waals surface area contributed by atoms with E-state index in [0.717, 1.165) is 31.8 Å². The zero-order chi connectivity index (χ0) is 13.3. The Morgan fingerprint density at radius 1 is 1.00 bits per heavy atom. The summed E-state index contributed by atoms with van der Waals surface area (Å²) in [6, 6.07) is 0. The summed E-state index contributed by atoms with van der Waals surface area (Å²) < 4.78 is 0. The lowest BCUT2D eigenvalue weighted by molar-refractivity contribution is -0.139. The first kappa shape index (κ1) is 14.5. The molecule has 1 aliphatic rings. The monoisotopic (exact) mass is 239 g/mol. The van der Waals surface area contributed by atoms with E-state index >= 15 is 0 Å². The van der Waals surface area contributed by atoms with Gasteiger partial charge in [-0.05, 0) is 30.6 Å². The average Bonchev–Trinajstić information content (AvgIpc) is 2.38. The molecule has 0 saturated carbocycles. The molecule has 1 amide bonds. The quantitative estimate of drug-likeness (QED) is 0.631. The van der Waals surface area contributed by atoms with Gasteiger partial charge in [0, 0.05) is 18.5 Å². The molecule has 0 aliphatic carbocycles. The lowest BCUT2D eigenvalue weighted by Crippen LogP contribution is -2.40. The second kappa shape index (κ2) is 4.99. The maximum atomic E-state index is 12.3. The van der Waals surface area contributed by atoms with Crippen LogP contribution in [0.5, 0.6) is 0 Å². The summed E-state index contributed by atoms with van der Waals surface area (Å²) in [5.41, 5.74) is 0.141. The summed E-state index contributed by atoms with van der Waals surface area (Å²) >= 11 is 0. The van der Waals surface area contributed by atoms with Gasteiger partial charge in [0.15, 0.2) is 0 Å². The molecule has 1 unspecified atom stereocenters. The molecule has 1 rings (SSSR count). The van der Waals surface area contributed by atoms with Crippen LogP contribution in [0.15, 0.2) is 0 Å². The van der Waals surface area contributed by atoms with Crippen LogP contribution in [-0.4, -0.2) is 23.9 Å². The maximum Gasteiger partial charge on any atom is 0.227 e. The van der Waals surface area contributed by atoms with E-state index in [1.54, 1.807) is 0 Å². The molecule has 1 aliphatic heterocycles. The van der Waals surface area contributed by atoms with Crippen LogP contribution in [-0.2, 0) is 4.79 Å². The van der Waals surface area contributed by atoms with Crippen molar-refractivity contribution < 1.29 is 4.79 Å². The van der Waals surface area contributed by atoms with Gasteiger partial charge >= 0.3 is 0 Å². The summed E-state index contributed by atoms with van der Waals surface area (Å²) in [4.78, 5) is 14.3. The van der Waals surface area contributed by atoms with Crippen molar-refractivity contribution in [3.8, 4) is 0 Å². The summed E-state index contributed by atoms with van der Waals surface area (Å²) in [5.74, 6) is 1.06. The van der Waals surface area contributed by atoms with Gasteiger partial charge in [-0.3, -0.25) is 4.79 Å². The molecule has 17 heavy (non-hydrogen) atoms. The van der Waals surface area contributed by atoms with Gasteiger partial charge in [0.05, 0.1) is 0 Å². The summed E-state index contributed by atoms with van der Waals surface area (Å²) in [5, 5.41) is 0. The van der Waals surface area contributed by atoms with Gasteiger partial charge in [0.2, 0.25) is 5.91 Å². The van der Waals surface area contributed by atoms with Crippen LogP contribution in [0.4, 0.5) is 0 Å². The van der Waals surface area contributed by atoms with E-state index in [9.17, 15) is 4.79 Å². The number of carbonyl (C=O) groups is 1. The number of nitrogens with zero attached hydrogens (tertiary/aromatic N) is 1.